The van der Waals surface area contributed by atoms with Gasteiger partial charge in [-0.2, -0.15) is 0 Å². The lowest BCUT2D eigenvalue weighted by Gasteiger charge is -2.33. The van der Waals surface area contributed by atoms with Crippen LogP contribution in [0.25, 0.3) is 0 Å². The number of nitrogens with two attached hydrogens (primary N) is 1. The maximum Gasteiger partial charge on any atom is 0.0625 e. The highest BCUT2D eigenvalue weighted by Gasteiger charge is 2.20. The summed E-state index contributed by atoms with van der Waals surface area (Å²) in [5, 5.41) is 18.7. The van der Waals surface area contributed by atoms with Crippen LogP contribution >= 0.6 is 0 Å². The van der Waals surface area contributed by atoms with Crippen molar-refractivity contribution in [2.75, 3.05) is 24.6 Å². The first-order valence-corrected chi connectivity index (χ1v) is 6.10. The second kappa shape index (κ2) is 5.49. The molecule has 1 aromatic rings. The normalized spacial score (nSPS) is 19.4. The fraction of sp³-hybridized carbons (Fsp3) is 0.538. The van der Waals surface area contributed by atoms with Crippen LogP contribution in [0.4, 0.5) is 5.69 Å². The molecule has 2 rings (SSSR count). The van der Waals surface area contributed by atoms with E-state index in [4.69, 9.17) is 10.8 Å². The molecule has 1 aromatic carbocycles. The fourth-order valence-corrected chi connectivity index (χ4v) is 2.29. The molecule has 1 heterocycles. The highest BCUT2D eigenvalue weighted by atomic mass is 16.3. The van der Waals surface area contributed by atoms with Gasteiger partial charge in [0.1, 0.15) is 0 Å². The van der Waals surface area contributed by atoms with Crippen molar-refractivity contribution in [3.63, 3.8) is 0 Å². The molecule has 0 bridgehead atoms. The summed E-state index contributed by atoms with van der Waals surface area (Å²) < 4.78 is 0. The SMILES string of the molecule is N[C@@H](CO)c1ccccc1N1CCC(O)CC1. The Kier molecular flexibility index (Phi) is 3.99. The van der Waals surface area contributed by atoms with E-state index in [-0.39, 0.29) is 18.8 Å². The molecule has 4 heteroatoms. The molecule has 17 heavy (non-hydrogen) atoms. The molecule has 0 aliphatic carbocycles. The summed E-state index contributed by atoms with van der Waals surface area (Å²) in [7, 11) is 0. The molecule has 1 aliphatic heterocycles. The van der Waals surface area contributed by atoms with Gasteiger partial charge in [-0.05, 0) is 24.5 Å². The standard InChI is InChI=1S/C13H20N2O2/c14-12(9-16)11-3-1-2-4-13(11)15-7-5-10(17)6-8-15/h1-4,10,12,16-17H,5-9,14H2/t12-/m0/s1. The van der Waals surface area contributed by atoms with Crippen molar-refractivity contribution in [1.29, 1.82) is 0 Å². The lowest BCUT2D eigenvalue weighted by Crippen LogP contribution is -2.37. The van der Waals surface area contributed by atoms with E-state index in [1.807, 2.05) is 24.3 Å². The highest BCUT2D eigenvalue weighted by Crippen LogP contribution is 2.27. The summed E-state index contributed by atoms with van der Waals surface area (Å²) in [6, 6.07) is 7.57. The van der Waals surface area contributed by atoms with E-state index in [1.54, 1.807) is 0 Å². The topological polar surface area (TPSA) is 69.7 Å². The Bertz CT molecular complexity index is 362. The highest BCUT2D eigenvalue weighted by molar-refractivity contribution is 5.55. The van der Waals surface area contributed by atoms with Crippen LogP contribution in [0.1, 0.15) is 24.4 Å². The Labute approximate surface area is 102 Å². The molecular weight excluding hydrogens is 216 g/mol. The molecular formula is C13H20N2O2. The number of para-hydroxylation sites is 1. The van der Waals surface area contributed by atoms with Crippen LogP contribution in [-0.2, 0) is 0 Å². The van der Waals surface area contributed by atoms with Crippen LogP contribution in [0.5, 0.6) is 0 Å². The molecule has 0 unspecified atom stereocenters. The number of aliphatic hydroxyl groups is 2. The first-order chi connectivity index (χ1) is 8.22. The van der Waals surface area contributed by atoms with Gasteiger partial charge in [-0.1, -0.05) is 18.2 Å². The minimum absolute atomic E-state index is 0.0481. The van der Waals surface area contributed by atoms with Crippen molar-refractivity contribution in [2.45, 2.75) is 25.0 Å². The van der Waals surface area contributed by atoms with Crippen molar-refractivity contribution in [3.8, 4) is 0 Å². The van der Waals surface area contributed by atoms with Crippen LogP contribution in [0.15, 0.2) is 24.3 Å². The van der Waals surface area contributed by atoms with Gasteiger partial charge in [-0.25, -0.2) is 0 Å². The summed E-state index contributed by atoms with van der Waals surface area (Å²) in [6.07, 6.45) is 1.41. The van der Waals surface area contributed by atoms with Crippen LogP contribution in [0.3, 0.4) is 0 Å². The molecule has 94 valence electrons. The number of aliphatic hydroxyl groups excluding tert-OH is 2. The van der Waals surface area contributed by atoms with Gasteiger partial charge in [-0.15, -0.1) is 0 Å². The number of rotatable bonds is 3. The smallest absolute Gasteiger partial charge is 0.0625 e. The van der Waals surface area contributed by atoms with Crippen LogP contribution in [0, 0.1) is 0 Å². The lowest BCUT2D eigenvalue weighted by molar-refractivity contribution is 0.145. The van der Waals surface area contributed by atoms with E-state index < -0.39 is 0 Å². The summed E-state index contributed by atoms with van der Waals surface area (Å²) in [5.74, 6) is 0. The van der Waals surface area contributed by atoms with Crippen molar-refractivity contribution in [1.82, 2.24) is 0 Å². The number of hydrogen-bond donors (Lipinski definition) is 3. The van der Waals surface area contributed by atoms with Gasteiger partial charge in [0.25, 0.3) is 0 Å². The second-order valence-corrected chi connectivity index (χ2v) is 4.57. The van der Waals surface area contributed by atoms with Crippen molar-refractivity contribution < 1.29 is 10.2 Å². The Hall–Kier alpha value is -1.10. The van der Waals surface area contributed by atoms with Crippen LogP contribution < -0.4 is 10.6 Å². The third kappa shape index (κ3) is 2.77. The van der Waals surface area contributed by atoms with Crippen molar-refractivity contribution in [3.05, 3.63) is 29.8 Å². The zero-order chi connectivity index (χ0) is 12.3. The minimum Gasteiger partial charge on any atom is -0.394 e. The number of nitrogens with zero attached hydrogens (tertiary/aromatic N) is 1. The molecule has 1 fully saturated rings. The minimum atomic E-state index is -0.335. The van der Waals surface area contributed by atoms with Crippen LogP contribution in [-0.4, -0.2) is 36.0 Å². The number of hydrogen-bond acceptors (Lipinski definition) is 4. The summed E-state index contributed by atoms with van der Waals surface area (Å²) in [6.45, 7) is 1.64. The summed E-state index contributed by atoms with van der Waals surface area (Å²) in [5.41, 5.74) is 7.97. The predicted molar refractivity (Wildman–Crippen MR) is 67.9 cm³/mol. The number of anilines is 1. The molecule has 0 saturated carbocycles. The monoisotopic (exact) mass is 236 g/mol. The van der Waals surface area contributed by atoms with E-state index in [0.717, 1.165) is 37.2 Å². The van der Waals surface area contributed by atoms with Crippen molar-refractivity contribution >= 4 is 5.69 Å². The van der Waals surface area contributed by atoms with Gasteiger partial charge in [0.15, 0.2) is 0 Å². The Balaban J connectivity index is 2.19. The van der Waals surface area contributed by atoms with E-state index >= 15 is 0 Å². The zero-order valence-electron chi connectivity index (χ0n) is 9.92. The Morgan fingerprint density at radius 2 is 1.94 bits per heavy atom. The van der Waals surface area contributed by atoms with Gasteiger partial charge in [0, 0.05) is 18.8 Å². The first kappa shape index (κ1) is 12.4. The Morgan fingerprint density at radius 3 is 2.59 bits per heavy atom. The van der Waals surface area contributed by atoms with Gasteiger partial charge in [0.05, 0.1) is 18.8 Å². The lowest BCUT2D eigenvalue weighted by atomic mass is 10.0. The third-order valence-electron chi connectivity index (χ3n) is 3.34. The van der Waals surface area contributed by atoms with Gasteiger partial charge < -0.3 is 20.8 Å². The molecule has 1 atom stereocenters. The van der Waals surface area contributed by atoms with E-state index in [0.29, 0.717) is 0 Å². The van der Waals surface area contributed by atoms with Crippen LogP contribution in [0.2, 0.25) is 0 Å². The predicted octanol–water partition coefficient (Wildman–Crippen LogP) is 0.640. The molecule has 4 nitrogen and oxygen atoms in total. The maximum atomic E-state index is 9.51. The van der Waals surface area contributed by atoms with E-state index in [9.17, 15) is 5.11 Å². The van der Waals surface area contributed by atoms with Gasteiger partial charge >= 0.3 is 0 Å². The Morgan fingerprint density at radius 1 is 1.29 bits per heavy atom. The number of benzene rings is 1. The summed E-state index contributed by atoms with van der Waals surface area (Å²) >= 11 is 0. The molecule has 0 radical (unpaired) electrons. The second-order valence-electron chi connectivity index (χ2n) is 4.57. The average molecular weight is 236 g/mol. The van der Waals surface area contributed by atoms with E-state index in [2.05, 4.69) is 4.90 Å². The number of piperidine rings is 1. The quantitative estimate of drug-likeness (QED) is 0.720. The van der Waals surface area contributed by atoms with Gasteiger partial charge in [-0.3, -0.25) is 0 Å². The molecule has 4 N–H and O–H groups in total. The maximum absolute atomic E-state index is 9.51. The molecule has 0 spiro atoms. The summed E-state index contributed by atoms with van der Waals surface area (Å²) in [4.78, 5) is 2.23. The van der Waals surface area contributed by atoms with Crippen molar-refractivity contribution in [2.24, 2.45) is 5.73 Å². The first-order valence-electron chi connectivity index (χ1n) is 6.10. The average Bonchev–Trinajstić information content (AvgIpc) is 2.39. The molecule has 1 saturated heterocycles. The third-order valence-corrected chi connectivity index (χ3v) is 3.34. The molecule has 0 amide bonds. The fourth-order valence-electron chi connectivity index (χ4n) is 2.29. The molecule has 1 aliphatic rings. The van der Waals surface area contributed by atoms with E-state index in [1.165, 1.54) is 0 Å². The largest absolute Gasteiger partial charge is 0.394 e. The molecule has 0 aromatic heterocycles. The zero-order valence-corrected chi connectivity index (χ0v) is 9.92. The van der Waals surface area contributed by atoms with Gasteiger partial charge in [0.2, 0.25) is 0 Å².